The number of rotatable bonds is 4. The van der Waals surface area contributed by atoms with Crippen LogP contribution in [0, 0.1) is 17.2 Å². The first kappa shape index (κ1) is 20.4. The molecule has 0 amide bonds. The quantitative estimate of drug-likeness (QED) is 0.626. The van der Waals surface area contributed by atoms with Gasteiger partial charge in [-0.2, -0.15) is 5.26 Å². The number of ether oxygens (including phenoxy) is 1. The molecule has 3 atom stereocenters. The summed E-state index contributed by atoms with van der Waals surface area (Å²) in [6.07, 6.45) is 1.08. The van der Waals surface area contributed by atoms with Crippen LogP contribution >= 0.6 is 11.6 Å². The van der Waals surface area contributed by atoms with Crippen molar-refractivity contribution in [2.45, 2.75) is 38.5 Å². The summed E-state index contributed by atoms with van der Waals surface area (Å²) in [5.41, 5.74) is 4.18. The largest absolute Gasteiger partial charge is 0.494 e. The maximum atomic E-state index is 13.4. The fraction of sp³-hybridized carbons (Fsp3) is 0.320. The number of hydrogen-bond donors (Lipinski definition) is 0. The molecule has 1 heterocycles. The number of nitrogens with zero attached hydrogens (tertiary/aromatic N) is 2. The minimum atomic E-state index is -0.485. The van der Waals surface area contributed by atoms with E-state index in [0.717, 1.165) is 28.3 Å². The molecule has 152 valence electrons. The molecular formula is C25H23ClN2O2. The molecule has 2 aliphatic rings. The second-order valence-electron chi connectivity index (χ2n) is 7.75. The van der Waals surface area contributed by atoms with E-state index in [1.165, 1.54) is 0 Å². The Hall–Kier alpha value is -2.90. The van der Waals surface area contributed by atoms with Gasteiger partial charge in [0.1, 0.15) is 5.75 Å². The maximum absolute atomic E-state index is 13.4. The summed E-state index contributed by atoms with van der Waals surface area (Å²) in [7, 11) is 0. The second kappa shape index (κ2) is 8.45. The molecule has 0 saturated heterocycles. The number of allylic oxidation sites excluding steroid dienone is 2. The van der Waals surface area contributed by atoms with Crippen LogP contribution in [-0.4, -0.2) is 18.1 Å². The summed E-state index contributed by atoms with van der Waals surface area (Å²) in [6.45, 7) is 4.33. The molecule has 30 heavy (non-hydrogen) atoms. The number of carbonyl (C=O) groups excluding carboxylic acids is 1. The Balaban J connectivity index is 1.80. The predicted octanol–water partition coefficient (Wildman–Crippen LogP) is 5.84. The zero-order valence-electron chi connectivity index (χ0n) is 17.1. The molecule has 0 spiro atoms. The molecule has 1 unspecified atom stereocenters. The van der Waals surface area contributed by atoms with Gasteiger partial charge in [-0.1, -0.05) is 41.9 Å². The number of benzene rings is 2. The van der Waals surface area contributed by atoms with Gasteiger partial charge in [0.05, 0.1) is 18.6 Å². The normalized spacial score (nSPS) is 23.5. The van der Waals surface area contributed by atoms with Crippen molar-refractivity contribution in [2.24, 2.45) is 10.9 Å². The third-order valence-corrected chi connectivity index (χ3v) is 6.17. The fourth-order valence-electron chi connectivity index (χ4n) is 4.56. The van der Waals surface area contributed by atoms with E-state index in [0.29, 0.717) is 30.0 Å². The molecule has 5 heteroatoms. The number of Topliss-reactive ketones (excluding diaryl/α,β-unsaturated/α-hetero) is 1. The molecule has 0 radical (unpaired) electrons. The third-order valence-electron chi connectivity index (χ3n) is 5.92. The number of para-hydroxylation sites is 1. The van der Waals surface area contributed by atoms with Gasteiger partial charge in [0.15, 0.2) is 5.78 Å². The first-order chi connectivity index (χ1) is 14.5. The van der Waals surface area contributed by atoms with Gasteiger partial charge in [0, 0.05) is 39.9 Å². The number of halogens is 1. The molecule has 1 aliphatic heterocycles. The van der Waals surface area contributed by atoms with E-state index < -0.39 is 5.92 Å². The molecular weight excluding hydrogens is 396 g/mol. The average molecular weight is 419 g/mol. The van der Waals surface area contributed by atoms with Crippen molar-refractivity contribution in [3.63, 3.8) is 0 Å². The van der Waals surface area contributed by atoms with Crippen molar-refractivity contribution >= 4 is 23.1 Å². The minimum Gasteiger partial charge on any atom is -0.494 e. The Morgan fingerprint density at radius 1 is 1.17 bits per heavy atom. The highest BCUT2D eigenvalue weighted by Gasteiger charge is 2.42. The number of aliphatic imine (C=N–C) groups is 1. The highest BCUT2D eigenvalue weighted by atomic mass is 35.5. The van der Waals surface area contributed by atoms with Crippen LogP contribution in [0.25, 0.3) is 0 Å². The molecule has 0 aromatic heterocycles. The van der Waals surface area contributed by atoms with Gasteiger partial charge in [0.2, 0.25) is 0 Å². The molecule has 2 aromatic carbocycles. The standard InChI is InChI=1S/C25H23ClN2O2/c1-3-30-23-7-5-4-6-19(23)24-20(14-27)15(2)28-21-12-17(13-22(29)25(21)24)16-8-10-18(26)11-9-16/h4-11,17,20,24H,3,12-13H2,1-2H3/t17-,20?,24+/m0/s1. The van der Waals surface area contributed by atoms with Crippen molar-refractivity contribution in [1.29, 1.82) is 5.26 Å². The van der Waals surface area contributed by atoms with Gasteiger partial charge in [0.25, 0.3) is 0 Å². The lowest BCUT2D eigenvalue weighted by Gasteiger charge is -2.35. The van der Waals surface area contributed by atoms with Crippen molar-refractivity contribution in [2.75, 3.05) is 6.61 Å². The molecule has 0 bridgehead atoms. The van der Waals surface area contributed by atoms with E-state index >= 15 is 0 Å². The second-order valence-corrected chi connectivity index (χ2v) is 8.19. The Labute approximate surface area is 181 Å². The first-order valence-electron chi connectivity index (χ1n) is 10.2. The van der Waals surface area contributed by atoms with Crippen molar-refractivity contribution in [3.8, 4) is 11.8 Å². The lowest BCUT2D eigenvalue weighted by molar-refractivity contribution is -0.116. The first-order valence-corrected chi connectivity index (χ1v) is 10.6. The number of hydrogen-bond acceptors (Lipinski definition) is 4. The number of ketones is 1. The molecule has 4 rings (SSSR count). The summed E-state index contributed by atoms with van der Waals surface area (Å²) < 4.78 is 5.84. The Morgan fingerprint density at radius 3 is 2.60 bits per heavy atom. The highest BCUT2D eigenvalue weighted by Crippen LogP contribution is 2.48. The smallest absolute Gasteiger partial charge is 0.161 e. The van der Waals surface area contributed by atoms with E-state index in [1.54, 1.807) is 0 Å². The third kappa shape index (κ3) is 3.66. The molecule has 0 N–H and O–H groups in total. The van der Waals surface area contributed by atoms with Crippen molar-refractivity contribution in [3.05, 3.63) is 76.0 Å². The van der Waals surface area contributed by atoms with Crippen LogP contribution < -0.4 is 4.74 Å². The van der Waals surface area contributed by atoms with Crippen LogP contribution in [0.4, 0.5) is 0 Å². The molecule has 4 nitrogen and oxygen atoms in total. The zero-order valence-corrected chi connectivity index (χ0v) is 17.8. The van der Waals surface area contributed by atoms with Gasteiger partial charge in [-0.25, -0.2) is 0 Å². The predicted molar refractivity (Wildman–Crippen MR) is 118 cm³/mol. The molecule has 2 aromatic rings. The minimum absolute atomic E-state index is 0.0593. The van der Waals surface area contributed by atoms with Crippen molar-refractivity contribution < 1.29 is 9.53 Å². The summed E-state index contributed by atoms with van der Waals surface area (Å²) in [6, 6.07) is 17.8. The van der Waals surface area contributed by atoms with Gasteiger partial charge < -0.3 is 4.74 Å². The van der Waals surface area contributed by atoms with Crippen LogP contribution in [0.2, 0.25) is 5.02 Å². The van der Waals surface area contributed by atoms with E-state index in [-0.39, 0.29) is 17.6 Å². The lowest BCUT2D eigenvalue weighted by atomic mass is 9.69. The fourth-order valence-corrected chi connectivity index (χ4v) is 4.68. The van der Waals surface area contributed by atoms with Crippen LogP contribution in [-0.2, 0) is 4.79 Å². The van der Waals surface area contributed by atoms with Crippen LogP contribution in [0.1, 0.15) is 49.7 Å². The Bertz CT molecular complexity index is 1080. The van der Waals surface area contributed by atoms with Gasteiger partial charge in [-0.15, -0.1) is 0 Å². The van der Waals surface area contributed by atoms with E-state index in [2.05, 4.69) is 6.07 Å². The number of carbonyl (C=O) groups is 1. The molecule has 1 aliphatic carbocycles. The molecule has 0 saturated carbocycles. The zero-order chi connectivity index (χ0) is 21.3. The lowest BCUT2D eigenvalue weighted by Crippen LogP contribution is -2.32. The summed E-state index contributed by atoms with van der Waals surface area (Å²) in [5.74, 6) is 0.000204. The van der Waals surface area contributed by atoms with Crippen molar-refractivity contribution in [1.82, 2.24) is 0 Å². The van der Waals surface area contributed by atoms with E-state index in [1.807, 2.05) is 62.4 Å². The van der Waals surface area contributed by atoms with E-state index in [4.69, 9.17) is 21.3 Å². The van der Waals surface area contributed by atoms with Crippen LogP contribution in [0.3, 0.4) is 0 Å². The summed E-state index contributed by atoms with van der Waals surface area (Å²) in [4.78, 5) is 18.1. The monoisotopic (exact) mass is 418 g/mol. The van der Waals surface area contributed by atoms with Gasteiger partial charge >= 0.3 is 0 Å². The number of nitriles is 1. The van der Waals surface area contributed by atoms with Gasteiger partial charge in [-0.05, 0) is 49.9 Å². The highest BCUT2D eigenvalue weighted by molar-refractivity contribution is 6.30. The Kier molecular flexibility index (Phi) is 5.74. The van der Waals surface area contributed by atoms with Crippen LogP contribution in [0.5, 0.6) is 5.75 Å². The topological polar surface area (TPSA) is 62.4 Å². The average Bonchev–Trinajstić information content (AvgIpc) is 2.74. The SMILES string of the molecule is CCOc1ccccc1[C@H]1C2=C(C[C@H](c3ccc(Cl)cc3)CC2=O)N=C(C)C1C#N. The van der Waals surface area contributed by atoms with E-state index in [9.17, 15) is 10.1 Å². The van der Waals surface area contributed by atoms with Crippen LogP contribution in [0.15, 0.2) is 64.8 Å². The summed E-state index contributed by atoms with van der Waals surface area (Å²) in [5, 5.41) is 10.6. The molecule has 0 fully saturated rings. The summed E-state index contributed by atoms with van der Waals surface area (Å²) >= 11 is 6.03. The van der Waals surface area contributed by atoms with Gasteiger partial charge in [-0.3, -0.25) is 9.79 Å². The Morgan fingerprint density at radius 2 is 1.90 bits per heavy atom. The maximum Gasteiger partial charge on any atom is 0.161 e.